The van der Waals surface area contributed by atoms with Gasteiger partial charge in [-0.1, -0.05) is 77.3 Å². The fraction of sp³-hybridized carbons (Fsp3) is 0.259. The smallest absolute Gasteiger partial charge is 0.244 e. The summed E-state index contributed by atoms with van der Waals surface area (Å²) in [6, 6.07) is 18.0. The number of anilines is 1. The molecular weight excluding hydrogens is 569 g/mol. The maximum Gasteiger partial charge on any atom is 0.244 e. The summed E-state index contributed by atoms with van der Waals surface area (Å²) in [5.41, 5.74) is 2.16. The van der Waals surface area contributed by atoms with Crippen molar-refractivity contribution < 1.29 is 18.0 Å². The lowest BCUT2D eigenvalue weighted by molar-refractivity contribution is -0.139. The third kappa shape index (κ3) is 7.41. The first kappa shape index (κ1) is 29.8. The standard InChI is InChI=1S/C27H28Cl3N3O4S/c1-18-22(29)10-7-11-24(18)33(38(3,36)37)17-26(34)32(16-20-12-13-21(28)15-23(20)30)25(27(35)31-2)14-19-8-5-4-6-9-19/h4-13,15,25H,14,16-17H2,1-3H3,(H,31,35). The van der Waals surface area contributed by atoms with Crippen LogP contribution >= 0.6 is 34.8 Å². The van der Waals surface area contributed by atoms with Gasteiger partial charge < -0.3 is 10.2 Å². The van der Waals surface area contributed by atoms with E-state index < -0.39 is 34.4 Å². The van der Waals surface area contributed by atoms with E-state index in [1.807, 2.05) is 30.3 Å². The Kier molecular flexibility index (Phi) is 10.1. The minimum Gasteiger partial charge on any atom is -0.357 e. The molecule has 0 aliphatic heterocycles. The van der Waals surface area contributed by atoms with Gasteiger partial charge in [0, 0.05) is 35.1 Å². The van der Waals surface area contributed by atoms with E-state index in [2.05, 4.69) is 5.32 Å². The Balaban J connectivity index is 2.08. The van der Waals surface area contributed by atoms with Gasteiger partial charge in [-0.05, 0) is 47.9 Å². The molecule has 0 aromatic heterocycles. The predicted molar refractivity (Wildman–Crippen MR) is 153 cm³/mol. The molecule has 1 N–H and O–H groups in total. The van der Waals surface area contributed by atoms with Crippen LogP contribution in [0.15, 0.2) is 66.7 Å². The lowest BCUT2D eigenvalue weighted by atomic mass is 10.0. The zero-order valence-electron chi connectivity index (χ0n) is 21.1. The Morgan fingerprint density at radius 3 is 2.24 bits per heavy atom. The number of nitrogens with zero attached hydrogens (tertiary/aromatic N) is 2. The number of rotatable bonds is 10. The number of likely N-dealkylation sites (N-methyl/N-ethyl adjacent to an activating group) is 1. The van der Waals surface area contributed by atoms with Crippen molar-refractivity contribution in [2.24, 2.45) is 0 Å². The molecule has 202 valence electrons. The number of nitrogens with one attached hydrogen (secondary N) is 1. The van der Waals surface area contributed by atoms with E-state index in [-0.39, 0.29) is 18.7 Å². The molecule has 0 heterocycles. The van der Waals surface area contributed by atoms with Crippen LogP contribution in [-0.2, 0) is 32.6 Å². The molecular formula is C27H28Cl3N3O4S. The van der Waals surface area contributed by atoms with Crippen LogP contribution in [0, 0.1) is 6.92 Å². The minimum absolute atomic E-state index is 0.0497. The van der Waals surface area contributed by atoms with E-state index in [1.54, 1.807) is 43.3 Å². The van der Waals surface area contributed by atoms with Gasteiger partial charge in [-0.15, -0.1) is 0 Å². The highest BCUT2D eigenvalue weighted by atomic mass is 35.5. The van der Waals surface area contributed by atoms with Crippen molar-refractivity contribution in [3.05, 3.63) is 98.5 Å². The Bertz CT molecular complexity index is 1420. The van der Waals surface area contributed by atoms with Crippen molar-refractivity contribution in [1.29, 1.82) is 0 Å². The molecule has 0 radical (unpaired) electrons. The first-order valence-corrected chi connectivity index (χ1v) is 14.6. The summed E-state index contributed by atoms with van der Waals surface area (Å²) in [5, 5.41) is 3.72. The van der Waals surface area contributed by atoms with Gasteiger partial charge in [-0.25, -0.2) is 8.42 Å². The highest BCUT2D eigenvalue weighted by molar-refractivity contribution is 7.92. The summed E-state index contributed by atoms with van der Waals surface area (Å²) >= 11 is 18.7. The van der Waals surface area contributed by atoms with Gasteiger partial charge in [0.1, 0.15) is 12.6 Å². The van der Waals surface area contributed by atoms with Crippen molar-refractivity contribution in [3.8, 4) is 0 Å². The van der Waals surface area contributed by atoms with Crippen LogP contribution < -0.4 is 9.62 Å². The molecule has 0 aliphatic carbocycles. The van der Waals surface area contributed by atoms with Gasteiger partial charge in [0.05, 0.1) is 11.9 Å². The molecule has 0 saturated heterocycles. The van der Waals surface area contributed by atoms with Crippen LogP contribution in [0.5, 0.6) is 0 Å². The third-order valence-electron chi connectivity index (χ3n) is 6.06. The lowest BCUT2D eigenvalue weighted by Gasteiger charge is -2.33. The quantitative estimate of drug-likeness (QED) is 0.353. The summed E-state index contributed by atoms with van der Waals surface area (Å²) in [5.74, 6) is -0.998. The van der Waals surface area contributed by atoms with Gasteiger partial charge in [-0.2, -0.15) is 0 Å². The van der Waals surface area contributed by atoms with Crippen LogP contribution in [0.25, 0.3) is 0 Å². The van der Waals surface area contributed by atoms with E-state index in [0.29, 0.717) is 26.2 Å². The number of amides is 2. The Labute approximate surface area is 238 Å². The van der Waals surface area contributed by atoms with Crippen LogP contribution in [0.3, 0.4) is 0 Å². The summed E-state index contributed by atoms with van der Waals surface area (Å²) in [7, 11) is -2.42. The van der Waals surface area contributed by atoms with Gasteiger partial charge in [0.25, 0.3) is 0 Å². The van der Waals surface area contributed by atoms with Crippen LogP contribution in [-0.4, -0.2) is 51.0 Å². The number of carbonyl (C=O) groups excluding carboxylic acids is 2. The van der Waals surface area contributed by atoms with Crippen LogP contribution in [0.2, 0.25) is 15.1 Å². The van der Waals surface area contributed by atoms with Gasteiger partial charge in [-0.3, -0.25) is 13.9 Å². The number of hydrogen-bond donors (Lipinski definition) is 1. The molecule has 38 heavy (non-hydrogen) atoms. The first-order chi connectivity index (χ1) is 17.9. The fourth-order valence-electron chi connectivity index (χ4n) is 4.02. The monoisotopic (exact) mass is 595 g/mol. The van der Waals surface area contributed by atoms with Gasteiger partial charge in [0.2, 0.25) is 21.8 Å². The van der Waals surface area contributed by atoms with Crippen molar-refractivity contribution in [2.75, 3.05) is 24.2 Å². The zero-order chi connectivity index (χ0) is 28.0. The normalized spacial score (nSPS) is 12.1. The molecule has 3 aromatic rings. The van der Waals surface area contributed by atoms with Crippen molar-refractivity contribution in [2.45, 2.75) is 25.9 Å². The molecule has 1 atom stereocenters. The summed E-state index contributed by atoms with van der Waals surface area (Å²) < 4.78 is 26.7. The summed E-state index contributed by atoms with van der Waals surface area (Å²) in [6.07, 6.45) is 1.22. The Hall–Kier alpha value is -2.78. The molecule has 11 heteroatoms. The predicted octanol–water partition coefficient (Wildman–Crippen LogP) is 5.11. The highest BCUT2D eigenvalue weighted by Crippen LogP contribution is 2.29. The number of benzene rings is 3. The molecule has 3 aromatic carbocycles. The molecule has 0 bridgehead atoms. The second-order valence-electron chi connectivity index (χ2n) is 8.73. The topological polar surface area (TPSA) is 86.8 Å². The molecule has 0 aliphatic rings. The molecule has 7 nitrogen and oxygen atoms in total. The number of hydrogen-bond acceptors (Lipinski definition) is 4. The van der Waals surface area contributed by atoms with Crippen molar-refractivity contribution in [3.63, 3.8) is 0 Å². The molecule has 3 rings (SSSR count). The lowest BCUT2D eigenvalue weighted by Crippen LogP contribution is -2.53. The zero-order valence-corrected chi connectivity index (χ0v) is 24.2. The SMILES string of the molecule is CNC(=O)C(Cc1ccccc1)N(Cc1ccc(Cl)cc1Cl)C(=O)CN(c1cccc(Cl)c1C)S(C)(=O)=O. The van der Waals surface area contributed by atoms with Crippen molar-refractivity contribution >= 4 is 62.3 Å². The number of sulfonamides is 1. The van der Waals surface area contributed by atoms with E-state index in [0.717, 1.165) is 16.1 Å². The maximum atomic E-state index is 13.9. The molecule has 0 saturated carbocycles. The molecule has 0 fully saturated rings. The van der Waals surface area contributed by atoms with Crippen molar-refractivity contribution in [1.82, 2.24) is 10.2 Å². The maximum absolute atomic E-state index is 13.9. The fourth-order valence-corrected chi connectivity index (χ4v) is 5.55. The van der Waals surface area contributed by atoms with Gasteiger partial charge >= 0.3 is 0 Å². The van der Waals surface area contributed by atoms with E-state index in [1.165, 1.54) is 11.9 Å². The average Bonchev–Trinajstić information content (AvgIpc) is 2.87. The Morgan fingerprint density at radius 1 is 0.947 bits per heavy atom. The first-order valence-electron chi connectivity index (χ1n) is 11.6. The Morgan fingerprint density at radius 2 is 1.63 bits per heavy atom. The molecule has 0 spiro atoms. The van der Waals surface area contributed by atoms with E-state index in [9.17, 15) is 18.0 Å². The summed E-state index contributed by atoms with van der Waals surface area (Å²) in [6.45, 7) is 1.08. The van der Waals surface area contributed by atoms with E-state index >= 15 is 0 Å². The molecule has 1 unspecified atom stereocenters. The number of halogens is 3. The largest absolute Gasteiger partial charge is 0.357 e. The summed E-state index contributed by atoms with van der Waals surface area (Å²) in [4.78, 5) is 28.4. The average molecular weight is 597 g/mol. The number of carbonyl (C=O) groups is 2. The second-order valence-corrected chi connectivity index (χ2v) is 11.9. The molecule has 2 amide bonds. The van der Waals surface area contributed by atoms with Crippen LogP contribution in [0.1, 0.15) is 16.7 Å². The van der Waals surface area contributed by atoms with E-state index in [4.69, 9.17) is 34.8 Å². The van der Waals surface area contributed by atoms with Crippen LogP contribution in [0.4, 0.5) is 5.69 Å². The minimum atomic E-state index is -3.90. The second kappa shape index (κ2) is 12.8. The highest BCUT2D eigenvalue weighted by Gasteiger charge is 2.33. The van der Waals surface area contributed by atoms with Gasteiger partial charge in [0.15, 0.2) is 0 Å². The third-order valence-corrected chi connectivity index (χ3v) is 8.18.